The molecule has 2 amide bonds. The molecule has 2 unspecified atom stereocenters. The van der Waals surface area contributed by atoms with Crippen LogP contribution in [-0.4, -0.2) is 80.6 Å². The summed E-state index contributed by atoms with van der Waals surface area (Å²) in [5.74, 6) is -1.05. The molecule has 8 nitrogen and oxygen atoms in total. The van der Waals surface area contributed by atoms with Crippen LogP contribution in [0.2, 0.25) is 0 Å². The van der Waals surface area contributed by atoms with Gasteiger partial charge in [0.15, 0.2) is 0 Å². The highest BCUT2D eigenvalue weighted by Crippen LogP contribution is 2.34. The number of ether oxygens (including phenoxy) is 2. The zero-order valence-electron chi connectivity index (χ0n) is 16.6. The Morgan fingerprint density at radius 2 is 1.85 bits per heavy atom. The Labute approximate surface area is 163 Å². The molecule has 1 saturated heterocycles. The van der Waals surface area contributed by atoms with E-state index in [4.69, 9.17) is 9.47 Å². The summed E-state index contributed by atoms with van der Waals surface area (Å²) in [6.45, 7) is 7.13. The second kappa shape index (κ2) is 8.81. The summed E-state index contributed by atoms with van der Waals surface area (Å²) in [6, 6.07) is 0. The van der Waals surface area contributed by atoms with Crippen molar-refractivity contribution in [3.05, 3.63) is 16.0 Å². The Hall–Kier alpha value is -1.97. The monoisotopic (exact) mass is 397 g/mol. The van der Waals surface area contributed by atoms with Crippen LogP contribution in [-0.2, 0) is 14.3 Å². The van der Waals surface area contributed by atoms with Crippen LogP contribution in [0.25, 0.3) is 0 Å². The van der Waals surface area contributed by atoms with E-state index in [1.807, 2.05) is 18.7 Å². The first-order chi connectivity index (χ1) is 12.6. The van der Waals surface area contributed by atoms with Gasteiger partial charge in [-0.25, -0.2) is 4.79 Å². The van der Waals surface area contributed by atoms with Gasteiger partial charge in [0, 0.05) is 27.2 Å². The van der Waals surface area contributed by atoms with Crippen molar-refractivity contribution in [2.24, 2.45) is 0 Å². The van der Waals surface area contributed by atoms with Crippen LogP contribution in [0.5, 0.6) is 0 Å². The standard InChI is InChI=1S/C18H27N3O5S/c1-10-7-21(8-11(2)26-10)9-13(22)19-16-14(18(24)25-6)12(3)15(27-16)17(23)20(4)5/h10-11H,7-9H2,1-6H3,(H,19,22). The molecule has 2 atom stereocenters. The van der Waals surface area contributed by atoms with Crippen LogP contribution in [0.15, 0.2) is 0 Å². The highest BCUT2D eigenvalue weighted by atomic mass is 32.1. The van der Waals surface area contributed by atoms with Gasteiger partial charge in [-0.05, 0) is 26.3 Å². The predicted molar refractivity (Wildman–Crippen MR) is 103 cm³/mol. The second-order valence-electron chi connectivity index (χ2n) is 6.95. The number of esters is 1. The van der Waals surface area contributed by atoms with Crippen LogP contribution < -0.4 is 5.32 Å². The minimum Gasteiger partial charge on any atom is -0.465 e. The van der Waals surface area contributed by atoms with E-state index >= 15 is 0 Å². The molecule has 27 heavy (non-hydrogen) atoms. The van der Waals surface area contributed by atoms with Crippen molar-refractivity contribution in [1.82, 2.24) is 9.80 Å². The lowest BCUT2D eigenvalue weighted by molar-refractivity contribution is -0.121. The van der Waals surface area contributed by atoms with Gasteiger partial charge in [-0.2, -0.15) is 0 Å². The smallest absolute Gasteiger partial charge is 0.341 e. The van der Waals surface area contributed by atoms with Gasteiger partial charge in [0.05, 0.1) is 36.3 Å². The molecule has 1 aliphatic rings. The van der Waals surface area contributed by atoms with E-state index in [-0.39, 0.29) is 36.1 Å². The molecule has 1 aromatic rings. The van der Waals surface area contributed by atoms with Gasteiger partial charge in [-0.1, -0.05) is 0 Å². The maximum atomic E-state index is 12.5. The predicted octanol–water partition coefficient (Wildman–Crippen LogP) is 1.59. The van der Waals surface area contributed by atoms with Gasteiger partial charge in [-0.15, -0.1) is 11.3 Å². The first-order valence-corrected chi connectivity index (χ1v) is 9.56. The minimum absolute atomic E-state index is 0.0560. The van der Waals surface area contributed by atoms with Crippen molar-refractivity contribution in [2.45, 2.75) is 33.0 Å². The molecule has 2 heterocycles. The first-order valence-electron chi connectivity index (χ1n) is 8.75. The number of nitrogens with zero attached hydrogens (tertiary/aromatic N) is 2. The molecule has 0 radical (unpaired) electrons. The average Bonchev–Trinajstić information content (AvgIpc) is 2.88. The number of morpholine rings is 1. The number of rotatable bonds is 5. The fourth-order valence-corrected chi connectivity index (χ4v) is 4.37. The largest absolute Gasteiger partial charge is 0.465 e. The summed E-state index contributed by atoms with van der Waals surface area (Å²) >= 11 is 1.09. The molecule has 0 aliphatic carbocycles. The molecule has 0 saturated carbocycles. The fourth-order valence-electron chi connectivity index (χ4n) is 3.14. The molecule has 1 N–H and O–H groups in total. The third-order valence-corrected chi connectivity index (χ3v) is 5.45. The van der Waals surface area contributed by atoms with Crippen LogP contribution in [0.3, 0.4) is 0 Å². The van der Waals surface area contributed by atoms with Crippen molar-refractivity contribution < 1.29 is 23.9 Å². The lowest BCUT2D eigenvalue weighted by atomic mass is 10.1. The molecule has 0 bridgehead atoms. The second-order valence-corrected chi connectivity index (χ2v) is 7.97. The summed E-state index contributed by atoms with van der Waals surface area (Å²) < 4.78 is 10.5. The van der Waals surface area contributed by atoms with E-state index in [1.165, 1.54) is 12.0 Å². The number of amides is 2. The highest BCUT2D eigenvalue weighted by molar-refractivity contribution is 7.18. The summed E-state index contributed by atoms with van der Waals surface area (Å²) in [4.78, 5) is 41.0. The normalized spacial score (nSPS) is 20.2. The van der Waals surface area contributed by atoms with Gasteiger partial charge in [0.2, 0.25) is 5.91 Å². The number of hydrogen-bond acceptors (Lipinski definition) is 7. The summed E-state index contributed by atoms with van der Waals surface area (Å²) in [5, 5.41) is 3.12. The summed E-state index contributed by atoms with van der Waals surface area (Å²) in [7, 11) is 4.55. The average molecular weight is 397 g/mol. The number of thiophene rings is 1. The van der Waals surface area contributed by atoms with E-state index in [9.17, 15) is 14.4 Å². The third-order valence-electron chi connectivity index (χ3n) is 4.25. The molecule has 0 aromatic carbocycles. The molecule has 1 aromatic heterocycles. The molecular weight excluding hydrogens is 370 g/mol. The molecule has 9 heteroatoms. The van der Waals surface area contributed by atoms with Gasteiger partial charge in [0.1, 0.15) is 5.00 Å². The Balaban J connectivity index is 2.21. The Bertz CT molecular complexity index is 721. The number of carbonyl (C=O) groups is 3. The quantitative estimate of drug-likeness (QED) is 0.759. The number of hydrogen-bond donors (Lipinski definition) is 1. The topological polar surface area (TPSA) is 88.2 Å². The molecule has 150 valence electrons. The van der Waals surface area contributed by atoms with Crippen LogP contribution >= 0.6 is 11.3 Å². The Morgan fingerprint density at radius 1 is 1.26 bits per heavy atom. The van der Waals surface area contributed by atoms with Crippen molar-refractivity contribution >= 4 is 34.1 Å². The van der Waals surface area contributed by atoms with E-state index < -0.39 is 5.97 Å². The van der Waals surface area contributed by atoms with Gasteiger partial charge >= 0.3 is 5.97 Å². The van der Waals surface area contributed by atoms with E-state index in [0.29, 0.717) is 28.5 Å². The van der Waals surface area contributed by atoms with E-state index in [2.05, 4.69) is 5.32 Å². The maximum absolute atomic E-state index is 12.5. The fraction of sp³-hybridized carbons (Fsp3) is 0.611. The van der Waals surface area contributed by atoms with Crippen molar-refractivity contribution in [2.75, 3.05) is 46.2 Å². The van der Waals surface area contributed by atoms with E-state index in [0.717, 1.165) is 11.3 Å². The molecule has 2 rings (SSSR count). The SMILES string of the molecule is COC(=O)c1c(NC(=O)CN2CC(C)OC(C)C2)sc(C(=O)N(C)C)c1C. The molecule has 1 aliphatic heterocycles. The maximum Gasteiger partial charge on any atom is 0.341 e. The third kappa shape index (κ3) is 5.06. The zero-order chi connectivity index (χ0) is 20.3. The number of methoxy groups -OCH3 is 1. The number of anilines is 1. The van der Waals surface area contributed by atoms with Crippen LogP contribution in [0, 0.1) is 6.92 Å². The van der Waals surface area contributed by atoms with Crippen molar-refractivity contribution in [1.29, 1.82) is 0 Å². The molecular formula is C18H27N3O5S. The lowest BCUT2D eigenvalue weighted by Crippen LogP contribution is -2.48. The lowest BCUT2D eigenvalue weighted by Gasteiger charge is -2.34. The minimum atomic E-state index is -0.578. The Morgan fingerprint density at radius 3 is 2.37 bits per heavy atom. The zero-order valence-corrected chi connectivity index (χ0v) is 17.4. The number of nitrogens with one attached hydrogen (secondary N) is 1. The molecule has 0 spiro atoms. The van der Waals surface area contributed by atoms with Crippen molar-refractivity contribution in [3.8, 4) is 0 Å². The first kappa shape index (κ1) is 21.3. The van der Waals surface area contributed by atoms with Crippen LogP contribution in [0.1, 0.15) is 39.4 Å². The number of carbonyl (C=O) groups excluding carboxylic acids is 3. The van der Waals surface area contributed by atoms with Gasteiger partial charge < -0.3 is 19.7 Å². The van der Waals surface area contributed by atoms with Gasteiger partial charge in [0.25, 0.3) is 5.91 Å². The van der Waals surface area contributed by atoms with Crippen LogP contribution in [0.4, 0.5) is 5.00 Å². The molecule has 1 fully saturated rings. The summed E-state index contributed by atoms with van der Waals surface area (Å²) in [5.41, 5.74) is 0.735. The van der Waals surface area contributed by atoms with Crippen molar-refractivity contribution in [3.63, 3.8) is 0 Å². The Kier molecular flexibility index (Phi) is 6.96. The van der Waals surface area contributed by atoms with E-state index in [1.54, 1.807) is 21.0 Å². The summed E-state index contributed by atoms with van der Waals surface area (Å²) in [6.07, 6.45) is 0.112. The van der Waals surface area contributed by atoms with Gasteiger partial charge in [-0.3, -0.25) is 14.5 Å². The highest BCUT2D eigenvalue weighted by Gasteiger charge is 2.28.